The van der Waals surface area contributed by atoms with Gasteiger partial charge in [-0.3, -0.25) is 9.69 Å². The van der Waals surface area contributed by atoms with Crippen molar-refractivity contribution >= 4 is 15.7 Å². The Kier molecular flexibility index (Phi) is 7.50. The first-order valence-electron chi connectivity index (χ1n) is 10.3. The first-order valence-corrected chi connectivity index (χ1v) is 12.3. The molecule has 0 aromatic heterocycles. The zero-order valence-corrected chi connectivity index (χ0v) is 18.5. The van der Waals surface area contributed by atoms with Gasteiger partial charge < -0.3 is 10.1 Å². The van der Waals surface area contributed by atoms with E-state index in [0.29, 0.717) is 17.7 Å². The first kappa shape index (κ1) is 22.3. The van der Waals surface area contributed by atoms with Gasteiger partial charge in [-0.2, -0.15) is 0 Å². The molecule has 0 radical (unpaired) electrons. The van der Waals surface area contributed by atoms with Crippen molar-refractivity contribution in [2.75, 3.05) is 33.0 Å². The van der Waals surface area contributed by atoms with Gasteiger partial charge in [0.15, 0.2) is 9.84 Å². The molecular weight excluding hydrogens is 400 g/mol. The Hall–Kier alpha value is -2.38. The molecule has 0 saturated carbocycles. The molecule has 162 valence electrons. The van der Waals surface area contributed by atoms with E-state index in [0.717, 1.165) is 24.4 Å². The number of nitrogens with zero attached hydrogens (tertiary/aromatic N) is 1. The van der Waals surface area contributed by atoms with Crippen LogP contribution in [0.15, 0.2) is 48.5 Å². The summed E-state index contributed by atoms with van der Waals surface area (Å²) in [5, 5.41) is 3.06. The highest BCUT2D eigenvalue weighted by Gasteiger charge is 2.23. The third-order valence-electron chi connectivity index (χ3n) is 5.43. The zero-order chi connectivity index (χ0) is 21.6. The molecule has 1 unspecified atom stereocenters. The summed E-state index contributed by atoms with van der Waals surface area (Å²) in [5.74, 6) is 0.634. The number of rotatable bonds is 8. The molecule has 1 aliphatic rings. The van der Waals surface area contributed by atoms with Gasteiger partial charge in [-0.25, -0.2) is 8.42 Å². The number of piperidine rings is 1. The molecule has 0 bridgehead atoms. The predicted molar refractivity (Wildman–Crippen MR) is 118 cm³/mol. The molecule has 1 saturated heterocycles. The smallest absolute Gasteiger partial charge is 0.251 e. The summed E-state index contributed by atoms with van der Waals surface area (Å²) in [7, 11) is -1.44. The standard InChI is InChI=1S/C23H30N2O4S/c1-29-21-12-10-19(11-13-21)22(25-14-4-3-5-15-25)16-24-23(26)20-8-6-18(7-9-20)17-30(2,27)28/h6-13,22H,3-5,14-17H2,1-2H3,(H,24,26). The number of carbonyl (C=O) groups excluding carboxylic acids is 1. The minimum atomic E-state index is -3.09. The van der Waals surface area contributed by atoms with Crippen LogP contribution < -0.4 is 10.1 Å². The fraction of sp³-hybridized carbons (Fsp3) is 0.435. The van der Waals surface area contributed by atoms with Crippen LogP contribution in [0.1, 0.15) is 46.8 Å². The molecule has 7 heteroatoms. The van der Waals surface area contributed by atoms with E-state index in [9.17, 15) is 13.2 Å². The molecule has 30 heavy (non-hydrogen) atoms. The Morgan fingerprint density at radius 2 is 1.67 bits per heavy atom. The van der Waals surface area contributed by atoms with Gasteiger partial charge in [0.05, 0.1) is 18.9 Å². The third-order valence-corrected chi connectivity index (χ3v) is 6.29. The van der Waals surface area contributed by atoms with Crippen LogP contribution in [-0.2, 0) is 15.6 Å². The summed E-state index contributed by atoms with van der Waals surface area (Å²) in [4.78, 5) is 15.1. The van der Waals surface area contributed by atoms with Crippen molar-refractivity contribution in [3.8, 4) is 5.75 Å². The predicted octanol–water partition coefficient (Wildman–Crippen LogP) is 3.20. The van der Waals surface area contributed by atoms with E-state index in [2.05, 4.69) is 22.3 Å². The van der Waals surface area contributed by atoms with E-state index in [1.807, 2.05) is 12.1 Å². The van der Waals surface area contributed by atoms with Crippen molar-refractivity contribution in [1.29, 1.82) is 0 Å². The zero-order valence-electron chi connectivity index (χ0n) is 17.6. The van der Waals surface area contributed by atoms with Crippen molar-refractivity contribution in [3.05, 3.63) is 65.2 Å². The van der Waals surface area contributed by atoms with Crippen LogP contribution in [0.25, 0.3) is 0 Å². The maximum absolute atomic E-state index is 12.7. The van der Waals surface area contributed by atoms with Crippen molar-refractivity contribution in [2.24, 2.45) is 0 Å². The van der Waals surface area contributed by atoms with Crippen molar-refractivity contribution in [2.45, 2.75) is 31.1 Å². The Bertz CT molecular complexity index is 934. The number of ether oxygens (including phenoxy) is 1. The second kappa shape index (κ2) is 10.1. The maximum atomic E-state index is 12.7. The van der Waals surface area contributed by atoms with Gasteiger partial charge in [-0.05, 0) is 61.3 Å². The number of hydrogen-bond donors (Lipinski definition) is 1. The fourth-order valence-electron chi connectivity index (χ4n) is 3.86. The number of sulfone groups is 1. The highest BCUT2D eigenvalue weighted by Crippen LogP contribution is 2.26. The monoisotopic (exact) mass is 430 g/mol. The van der Waals surface area contributed by atoms with E-state index >= 15 is 0 Å². The van der Waals surface area contributed by atoms with Crippen LogP contribution in [0.2, 0.25) is 0 Å². The summed E-state index contributed by atoms with van der Waals surface area (Å²) in [5.41, 5.74) is 2.36. The lowest BCUT2D eigenvalue weighted by molar-refractivity contribution is 0.0924. The molecule has 1 atom stereocenters. The normalized spacial score (nSPS) is 16.1. The van der Waals surface area contributed by atoms with E-state index in [4.69, 9.17) is 4.74 Å². The van der Waals surface area contributed by atoms with Crippen molar-refractivity contribution < 1.29 is 17.9 Å². The second-order valence-corrected chi connectivity index (χ2v) is 10.0. The molecule has 1 amide bonds. The van der Waals surface area contributed by atoms with Gasteiger partial charge in [0.25, 0.3) is 5.91 Å². The maximum Gasteiger partial charge on any atom is 0.251 e. The Morgan fingerprint density at radius 1 is 1.03 bits per heavy atom. The summed E-state index contributed by atoms with van der Waals surface area (Å²) in [6.07, 6.45) is 4.79. The van der Waals surface area contributed by atoms with Crippen LogP contribution in [0.3, 0.4) is 0 Å². The quantitative estimate of drug-likeness (QED) is 0.696. The van der Waals surface area contributed by atoms with Gasteiger partial charge in [-0.15, -0.1) is 0 Å². The molecule has 2 aromatic rings. The number of methoxy groups -OCH3 is 1. The summed E-state index contributed by atoms with van der Waals surface area (Å²) in [6, 6.07) is 14.9. The lowest BCUT2D eigenvalue weighted by Crippen LogP contribution is -2.40. The van der Waals surface area contributed by atoms with Crippen LogP contribution in [0.5, 0.6) is 5.75 Å². The summed E-state index contributed by atoms with van der Waals surface area (Å²) >= 11 is 0. The van der Waals surface area contributed by atoms with Crippen molar-refractivity contribution in [3.63, 3.8) is 0 Å². The Labute approximate surface area is 179 Å². The highest BCUT2D eigenvalue weighted by atomic mass is 32.2. The number of nitrogens with one attached hydrogen (secondary N) is 1. The molecule has 1 N–H and O–H groups in total. The molecule has 1 fully saturated rings. The molecule has 1 aliphatic heterocycles. The van der Waals surface area contributed by atoms with Crippen LogP contribution in [0.4, 0.5) is 0 Å². The molecule has 0 aliphatic carbocycles. The average molecular weight is 431 g/mol. The number of benzene rings is 2. The molecule has 6 nitrogen and oxygen atoms in total. The van der Waals surface area contributed by atoms with E-state index < -0.39 is 9.84 Å². The molecule has 1 heterocycles. The van der Waals surface area contributed by atoms with Crippen LogP contribution in [0, 0.1) is 0 Å². The molecular formula is C23H30N2O4S. The van der Waals surface area contributed by atoms with Gasteiger partial charge in [-0.1, -0.05) is 30.7 Å². The summed E-state index contributed by atoms with van der Waals surface area (Å²) < 4.78 is 28.1. The lowest BCUT2D eigenvalue weighted by atomic mass is 10.0. The highest BCUT2D eigenvalue weighted by molar-refractivity contribution is 7.89. The summed E-state index contributed by atoms with van der Waals surface area (Å²) in [6.45, 7) is 2.55. The Balaban J connectivity index is 1.68. The lowest BCUT2D eigenvalue weighted by Gasteiger charge is -2.35. The minimum absolute atomic E-state index is 0.0244. The number of amides is 1. The number of likely N-dealkylation sites (tertiary alicyclic amines) is 1. The second-order valence-electron chi connectivity index (χ2n) is 7.86. The van der Waals surface area contributed by atoms with Gasteiger partial charge in [0, 0.05) is 18.4 Å². The molecule has 3 rings (SSSR count). The van der Waals surface area contributed by atoms with Gasteiger partial charge >= 0.3 is 0 Å². The Morgan fingerprint density at radius 3 is 2.23 bits per heavy atom. The fourth-order valence-corrected chi connectivity index (χ4v) is 4.66. The van der Waals surface area contributed by atoms with Crippen LogP contribution >= 0.6 is 0 Å². The minimum Gasteiger partial charge on any atom is -0.497 e. The topological polar surface area (TPSA) is 75.7 Å². The number of hydrogen-bond acceptors (Lipinski definition) is 5. The largest absolute Gasteiger partial charge is 0.497 e. The third kappa shape index (κ3) is 6.31. The van der Waals surface area contributed by atoms with Crippen molar-refractivity contribution in [1.82, 2.24) is 10.2 Å². The molecule has 2 aromatic carbocycles. The van der Waals surface area contributed by atoms with E-state index in [1.165, 1.54) is 25.5 Å². The van der Waals surface area contributed by atoms with Gasteiger partial charge in [0.2, 0.25) is 0 Å². The SMILES string of the molecule is COc1ccc(C(CNC(=O)c2ccc(CS(C)(=O)=O)cc2)N2CCCCC2)cc1. The van der Waals surface area contributed by atoms with Gasteiger partial charge in [0.1, 0.15) is 5.75 Å². The average Bonchev–Trinajstić information content (AvgIpc) is 2.74. The molecule has 0 spiro atoms. The first-order chi connectivity index (χ1) is 14.4. The number of carbonyl (C=O) groups is 1. The van der Waals surface area contributed by atoms with Crippen LogP contribution in [-0.4, -0.2) is 52.2 Å². The van der Waals surface area contributed by atoms with E-state index in [1.54, 1.807) is 31.4 Å². The van der Waals surface area contributed by atoms with E-state index in [-0.39, 0.29) is 17.7 Å².